The highest BCUT2D eigenvalue weighted by Crippen LogP contribution is 2.36. The van der Waals surface area contributed by atoms with Crippen LogP contribution >= 0.6 is 0 Å². The summed E-state index contributed by atoms with van der Waals surface area (Å²) in [5.41, 5.74) is 3.10. The molecule has 0 aromatic heterocycles. The summed E-state index contributed by atoms with van der Waals surface area (Å²) in [5, 5.41) is 19.6. The molecule has 1 aliphatic rings. The van der Waals surface area contributed by atoms with E-state index in [9.17, 15) is 10.1 Å². The zero-order chi connectivity index (χ0) is 22.2. The minimum atomic E-state index is -0.368. The van der Waals surface area contributed by atoms with Gasteiger partial charge in [0.15, 0.2) is 0 Å². The van der Waals surface area contributed by atoms with Crippen molar-refractivity contribution in [2.24, 2.45) is 4.99 Å². The van der Waals surface area contributed by atoms with Crippen LogP contribution in [0.25, 0.3) is 0 Å². The minimum absolute atomic E-state index is 0.0454. The van der Waals surface area contributed by atoms with Gasteiger partial charge in [0.25, 0.3) is 5.69 Å². The standard InChI is InChI=1S/C22H30N6O3/c1-4-23-20-14-19-18(13-21(20)28(29)30)16-27(31-12-8-11-26(2)3)22(25-19)24-15-17-9-6-5-7-10-17/h5-7,9-10,13-14,23H,4,8,11-12,15-16H2,1-3H3,(H,24,25). The Bertz CT molecular complexity index is 917. The van der Waals surface area contributed by atoms with Crippen molar-refractivity contribution in [3.8, 4) is 0 Å². The summed E-state index contributed by atoms with van der Waals surface area (Å²) in [6.45, 7) is 4.90. The third-order valence-electron chi connectivity index (χ3n) is 4.83. The van der Waals surface area contributed by atoms with E-state index in [0.29, 0.717) is 43.6 Å². The lowest BCUT2D eigenvalue weighted by Crippen LogP contribution is -2.42. The van der Waals surface area contributed by atoms with Crippen LogP contribution in [0.1, 0.15) is 24.5 Å². The van der Waals surface area contributed by atoms with Crippen LogP contribution in [0.3, 0.4) is 0 Å². The van der Waals surface area contributed by atoms with Crippen LogP contribution < -0.4 is 10.6 Å². The molecule has 0 aliphatic carbocycles. The Hall–Kier alpha value is -3.17. The molecule has 166 valence electrons. The lowest BCUT2D eigenvalue weighted by atomic mass is 10.1. The Labute approximate surface area is 182 Å². The van der Waals surface area contributed by atoms with Gasteiger partial charge in [-0.15, -0.1) is 0 Å². The highest BCUT2D eigenvalue weighted by Gasteiger charge is 2.25. The molecule has 0 radical (unpaired) electrons. The number of aliphatic imine (C=N–C) groups is 1. The normalized spacial score (nSPS) is 13.0. The van der Waals surface area contributed by atoms with Crippen LogP contribution in [0.2, 0.25) is 0 Å². The number of guanidine groups is 1. The summed E-state index contributed by atoms with van der Waals surface area (Å²) in [5.74, 6) is 0.595. The average molecular weight is 427 g/mol. The number of nitrogens with zero attached hydrogens (tertiary/aromatic N) is 4. The Balaban J connectivity index is 1.84. The molecule has 2 N–H and O–H groups in total. The summed E-state index contributed by atoms with van der Waals surface area (Å²) in [7, 11) is 4.04. The quantitative estimate of drug-likeness (QED) is 0.341. The zero-order valence-corrected chi connectivity index (χ0v) is 18.3. The molecule has 1 aliphatic heterocycles. The predicted molar refractivity (Wildman–Crippen MR) is 122 cm³/mol. The van der Waals surface area contributed by atoms with Gasteiger partial charge in [-0.05, 0) is 45.6 Å². The molecule has 0 spiro atoms. The van der Waals surface area contributed by atoms with Crippen molar-refractivity contribution in [2.45, 2.75) is 26.4 Å². The van der Waals surface area contributed by atoms with Gasteiger partial charge in [0.2, 0.25) is 5.96 Å². The molecule has 0 fully saturated rings. The van der Waals surface area contributed by atoms with Crippen LogP contribution in [-0.4, -0.2) is 54.6 Å². The van der Waals surface area contributed by atoms with Gasteiger partial charge in [-0.1, -0.05) is 30.3 Å². The minimum Gasteiger partial charge on any atom is -0.380 e. The van der Waals surface area contributed by atoms with E-state index in [-0.39, 0.29) is 10.6 Å². The van der Waals surface area contributed by atoms with Crippen LogP contribution in [-0.2, 0) is 17.9 Å². The molecule has 3 rings (SSSR count). The first-order valence-electron chi connectivity index (χ1n) is 10.4. The Morgan fingerprint density at radius 2 is 2.00 bits per heavy atom. The lowest BCUT2D eigenvalue weighted by molar-refractivity contribution is -0.384. The van der Waals surface area contributed by atoms with E-state index in [1.807, 2.05) is 51.4 Å². The van der Waals surface area contributed by atoms with Crippen LogP contribution in [0.5, 0.6) is 0 Å². The number of rotatable bonds is 10. The number of nitro benzene ring substituents is 1. The SMILES string of the molecule is CCNc1cc2c(cc1[N+](=O)[O-])CN(OCCCN(C)C)C(NCc1ccccc1)=N2. The summed E-state index contributed by atoms with van der Waals surface area (Å²) in [4.78, 5) is 24.0. The monoisotopic (exact) mass is 426 g/mol. The van der Waals surface area contributed by atoms with Gasteiger partial charge >= 0.3 is 0 Å². The van der Waals surface area contributed by atoms with Crippen molar-refractivity contribution < 1.29 is 9.76 Å². The molecule has 2 aromatic rings. The second kappa shape index (κ2) is 10.7. The maximum atomic E-state index is 11.5. The smallest absolute Gasteiger partial charge is 0.292 e. The number of nitrogens with one attached hydrogen (secondary N) is 2. The van der Waals surface area contributed by atoms with Gasteiger partial charge in [-0.2, -0.15) is 0 Å². The van der Waals surface area contributed by atoms with Gasteiger partial charge in [-0.3, -0.25) is 15.0 Å². The van der Waals surface area contributed by atoms with E-state index in [4.69, 9.17) is 9.83 Å². The molecule has 2 aromatic carbocycles. The Kier molecular flexibility index (Phi) is 7.80. The molecular weight excluding hydrogens is 396 g/mol. The van der Waals surface area contributed by atoms with E-state index in [1.54, 1.807) is 17.2 Å². The predicted octanol–water partition coefficient (Wildman–Crippen LogP) is 3.50. The third-order valence-corrected chi connectivity index (χ3v) is 4.83. The molecule has 0 bridgehead atoms. The van der Waals surface area contributed by atoms with E-state index in [1.165, 1.54) is 0 Å². The molecule has 0 saturated heterocycles. The molecule has 0 amide bonds. The number of hydrogen-bond donors (Lipinski definition) is 2. The van der Waals surface area contributed by atoms with Crippen LogP contribution in [0, 0.1) is 10.1 Å². The second-order valence-electron chi connectivity index (χ2n) is 7.59. The second-order valence-corrected chi connectivity index (χ2v) is 7.59. The zero-order valence-electron chi connectivity index (χ0n) is 18.3. The van der Waals surface area contributed by atoms with Crippen molar-refractivity contribution in [2.75, 3.05) is 39.1 Å². The first-order valence-corrected chi connectivity index (χ1v) is 10.4. The van der Waals surface area contributed by atoms with Crippen LogP contribution in [0.4, 0.5) is 17.1 Å². The number of fused-ring (bicyclic) bond motifs is 1. The summed E-state index contributed by atoms with van der Waals surface area (Å²) < 4.78 is 0. The first kappa shape index (κ1) is 22.5. The van der Waals surface area contributed by atoms with Gasteiger partial charge < -0.3 is 15.5 Å². The van der Waals surface area contributed by atoms with Gasteiger partial charge in [0.05, 0.1) is 23.8 Å². The van der Waals surface area contributed by atoms with E-state index in [2.05, 4.69) is 15.5 Å². The Morgan fingerprint density at radius 1 is 1.23 bits per heavy atom. The highest BCUT2D eigenvalue weighted by molar-refractivity contribution is 5.86. The molecule has 31 heavy (non-hydrogen) atoms. The van der Waals surface area contributed by atoms with E-state index >= 15 is 0 Å². The molecule has 1 heterocycles. The number of hydrogen-bond acceptors (Lipinski definition) is 8. The molecule has 9 nitrogen and oxygen atoms in total. The maximum Gasteiger partial charge on any atom is 0.292 e. The summed E-state index contributed by atoms with van der Waals surface area (Å²) in [6, 6.07) is 13.4. The number of hydroxylamine groups is 2. The molecule has 0 atom stereocenters. The van der Waals surface area contributed by atoms with Gasteiger partial charge in [-0.25, -0.2) is 10.1 Å². The average Bonchev–Trinajstić information content (AvgIpc) is 2.75. The van der Waals surface area contributed by atoms with Gasteiger partial charge in [0.1, 0.15) is 5.69 Å². The fraction of sp³-hybridized carbons (Fsp3) is 0.409. The number of anilines is 1. The van der Waals surface area contributed by atoms with Crippen molar-refractivity contribution in [1.29, 1.82) is 0 Å². The van der Waals surface area contributed by atoms with Crippen molar-refractivity contribution >= 4 is 23.0 Å². The molecule has 9 heteroatoms. The van der Waals surface area contributed by atoms with Crippen LogP contribution in [0.15, 0.2) is 47.5 Å². The van der Waals surface area contributed by atoms with Crippen molar-refractivity contribution in [3.05, 3.63) is 63.7 Å². The largest absolute Gasteiger partial charge is 0.380 e. The third kappa shape index (κ3) is 6.16. The van der Waals surface area contributed by atoms with E-state index in [0.717, 1.165) is 24.1 Å². The molecule has 0 saturated carbocycles. The number of benzene rings is 2. The fourth-order valence-electron chi connectivity index (χ4n) is 3.30. The van der Waals surface area contributed by atoms with Crippen molar-refractivity contribution in [1.82, 2.24) is 15.3 Å². The Morgan fingerprint density at radius 3 is 2.68 bits per heavy atom. The van der Waals surface area contributed by atoms with Gasteiger partial charge in [0, 0.05) is 24.7 Å². The molecule has 0 unspecified atom stereocenters. The lowest BCUT2D eigenvalue weighted by Gasteiger charge is -2.30. The molecular formula is C22H30N6O3. The van der Waals surface area contributed by atoms with Crippen molar-refractivity contribution in [3.63, 3.8) is 0 Å². The van der Waals surface area contributed by atoms with E-state index < -0.39 is 0 Å². The highest BCUT2D eigenvalue weighted by atomic mass is 16.7. The summed E-state index contributed by atoms with van der Waals surface area (Å²) in [6.07, 6.45) is 0.863. The fourth-order valence-corrected chi connectivity index (χ4v) is 3.30. The topological polar surface area (TPSA) is 95.3 Å². The maximum absolute atomic E-state index is 11.5. The number of nitro groups is 1. The first-order chi connectivity index (χ1) is 15.0. The summed E-state index contributed by atoms with van der Waals surface area (Å²) >= 11 is 0.